The highest BCUT2D eigenvalue weighted by Gasteiger charge is 2.46. The van der Waals surface area contributed by atoms with Gasteiger partial charge in [-0.1, -0.05) is 31.5 Å². The Labute approximate surface area is 113 Å². The molecule has 0 aromatic rings. The molecule has 1 saturated carbocycles. The summed E-state index contributed by atoms with van der Waals surface area (Å²) in [6, 6.07) is 0. The minimum absolute atomic E-state index is 0.0906. The van der Waals surface area contributed by atoms with Crippen molar-refractivity contribution >= 4 is 29.0 Å². The molecule has 0 unspecified atom stereocenters. The van der Waals surface area contributed by atoms with Crippen LogP contribution in [-0.2, 0) is 9.59 Å². The van der Waals surface area contributed by atoms with Crippen LogP contribution in [0.4, 0.5) is 0 Å². The summed E-state index contributed by atoms with van der Waals surface area (Å²) in [5.41, 5.74) is 5.22. The number of nitrogens with two attached hydrogens (primary N) is 1. The van der Waals surface area contributed by atoms with E-state index in [0.717, 1.165) is 44.9 Å². The second-order valence-electron chi connectivity index (χ2n) is 5.29. The Morgan fingerprint density at radius 3 is 1.94 bits per heavy atom. The topological polar surface area (TPSA) is 63.4 Å². The smallest absolute Gasteiger partial charge is 0.230 e. The summed E-state index contributed by atoms with van der Waals surface area (Å²) in [5.74, 6) is -0.181. The molecule has 2 fully saturated rings. The van der Waals surface area contributed by atoms with Crippen molar-refractivity contribution in [3.63, 3.8) is 0 Å². The van der Waals surface area contributed by atoms with Gasteiger partial charge in [0.25, 0.3) is 0 Å². The van der Waals surface area contributed by atoms with Crippen LogP contribution in [0.1, 0.15) is 57.8 Å². The highest BCUT2D eigenvalue weighted by atomic mass is 32.1. The van der Waals surface area contributed by atoms with Gasteiger partial charge in [-0.25, -0.2) is 0 Å². The van der Waals surface area contributed by atoms with Gasteiger partial charge in [-0.15, -0.1) is 0 Å². The van der Waals surface area contributed by atoms with Crippen molar-refractivity contribution in [1.29, 1.82) is 0 Å². The van der Waals surface area contributed by atoms with E-state index in [-0.39, 0.29) is 11.8 Å². The number of likely N-dealkylation sites (tertiary alicyclic amines) is 1. The van der Waals surface area contributed by atoms with Gasteiger partial charge >= 0.3 is 0 Å². The van der Waals surface area contributed by atoms with Crippen LogP contribution < -0.4 is 5.73 Å². The van der Waals surface area contributed by atoms with Crippen LogP contribution in [0.25, 0.3) is 0 Å². The number of hydrogen-bond donors (Lipinski definition) is 1. The molecule has 2 N–H and O–H groups in total. The van der Waals surface area contributed by atoms with Crippen LogP contribution in [0.3, 0.4) is 0 Å². The van der Waals surface area contributed by atoms with Gasteiger partial charge in [0.05, 0.1) is 4.99 Å². The fourth-order valence-electron chi connectivity index (χ4n) is 3.11. The number of carbonyl (C=O) groups excluding carboxylic acids is 2. The monoisotopic (exact) mass is 268 g/mol. The first-order chi connectivity index (χ1) is 8.58. The van der Waals surface area contributed by atoms with Gasteiger partial charge in [0.1, 0.15) is 5.54 Å². The quantitative estimate of drug-likeness (QED) is 0.614. The number of thiocarbonyl (C=S) groups is 1. The number of amides is 2. The number of nitrogens with zero attached hydrogens (tertiary/aromatic N) is 1. The Balaban J connectivity index is 2.35. The third-order valence-electron chi connectivity index (χ3n) is 4.10. The van der Waals surface area contributed by atoms with E-state index in [4.69, 9.17) is 18.0 Å². The normalized spacial score (nSPS) is 24.8. The molecule has 0 atom stereocenters. The maximum absolute atomic E-state index is 12.2. The molecule has 1 heterocycles. The van der Waals surface area contributed by atoms with E-state index < -0.39 is 5.54 Å². The molecule has 1 saturated heterocycles. The first-order valence-corrected chi connectivity index (χ1v) is 7.14. The van der Waals surface area contributed by atoms with E-state index in [1.807, 2.05) is 0 Å². The van der Waals surface area contributed by atoms with E-state index in [1.54, 1.807) is 0 Å². The molecule has 2 rings (SSSR count). The van der Waals surface area contributed by atoms with E-state index >= 15 is 0 Å². The van der Waals surface area contributed by atoms with Crippen molar-refractivity contribution in [2.75, 3.05) is 0 Å². The maximum Gasteiger partial charge on any atom is 0.230 e. The molecule has 0 bridgehead atoms. The van der Waals surface area contributed by atoms with Crippen molar-refractivity contribution in [3.8, 4) is 0 Å². The summed E-state index contributed by atoms with van der Waals surface area (Å²) in [7, 11) is 0. The SMILES string of the molecule is NC(=S)C1(N2C(=O)CCCCC2=O)CCCCC1. The van der Waals surface area contributed by atoms with E-state index in [0.29, 0.717) is 17.8 Å². The Hall–Kier alpha value is -0.970. The van der Waals surface area contributed by atoms with Crippen molar-refractivity contribution < 1.29 is 9.59 Å². The Morgan fingerprint density at radius 1 is 1.00 bits per heavy atom. The molecule has 5 heteroatoms. The zero-order valence-corrected chi connectivity index (χ0v) is 11.4. The summed E-state index contributed by atoms with van der Waals surface area (Å²) in [6.07, 6.45) is 7.01. The molecular formula is C13H20N2O2S. The molecule has 100 valence electrons. The minimum atomic E-state index is -0.675. The fourth-order valence-corrected chi connectivity index (χ4v) is 3.40. The molecule has 1 aliphatic carbocycles. The predicted octanol–water partition coefficient (Wildman–Crippen LogP) is 1.90. The van der Waals surface area contributed by atoms with Gasteiger partial charge in [0.2, 0.25) is 11.8 Å². The molecule has 0 spiro atoms. The lowest BCUT2D eigenvalue weighted by Gasteiger charge is -2.44. The number of imide groups is 1. The van der Waals surface area contributed by atoms with Gasteiger partial charge in [-0.05, 0) is 25.7 Å². The first-order valence-electron chi connectivity index (χ1n) is 6.74. The lowest BCUT2D eigenvalue weighted by atomic mass is 9.79. The average molecular weight is 268 g/mol. The van der Waals surface area contributed by atoms with Crippen molar-refractivity contribution in [2.45, 2.75) is 63.3 Å². The molecule has 0 aromatic heterocycles. The zero-order chi connectivity index (χ0) is 13.2. The average Bonchev–Trinajstić information content (AvgIpc) is 2.51. The zero-order valence-electron chi connectivity index (χ0n) is 10.6. The summed E-state index contributed by atoms with van der Waals surface area (Å²) >= 11 is 5.19. The molecule has 2 aliphatic rings. The third-order valence-corrected chi connectivity index (χ3v) is 4.48. The van der Waals surface area contributed by atoms with Gasteiger partial charge in [-0.3, -0.25) is 14.5 Å². The van der Waals surface area contributed by atoms with Crippen LogP contribution in [0.2, 0.25) is 0 Å². The Kier molecular flexibility index (Phi) is 4.00. The van der Waals surface area contributed by atoms with Crippen LogP contribution in [0.15, 0.2) is 0 Å². The molecule has 0 radical (unpaired) electrons. The molecule has 1 aliphatic heterocycles. The summed E-state index contributed by atoms with van der Waals surface area (Å²) in [4.78, 5) is 26.2. The highest BCUT2D eigenvalue weighted by molar-refractivity contribution is 7.80. The van der Waals surface area contributed by atoms with Crippen LogP contribution in [-0.4, -0.2) is 27.2 Å². The second-order valence-corrected chi connectivity index (χ2v) is 5.73. The first kappa shape index (κ1) is 13.5. The second kappa shape index (κ2) is 5.34. The van der Waals surface area contributed by atoms with Crippen molar-refractivity contribution in [3.05, 3.63) is 0 Å². The summed E-state index contributed by atoms with van der Waals surface area (Å²) in [6.45, 7) is 0. The van der Waals surface area contributed by atoms with Gasteiger partial charge < -0.3 is 5.73 Å². The number of carbonyl (C=O) groups is 2. The van der Waals surface area contributed by atoms with Gasteiger partial charge in [0, 0.05) is 12.8 Å². The van der Waals surface area contributed by atoms with Crippen LogP contribution in [0, 0.1) is 0 Å². The van der Waals surface area contributed by atoms with E-state index in [2.05, 4.69) is 0 Å². The van der Waals surface area contributed by atoms with Crippen LogP contribution in [0.5, 0.6) is 0 Å². The third kappa shape index (κ3) is 2.28. The lowest BCUT2D eigenvalue weighted by molar-refractivity contribution is -0.149. The van der Waals surface area contributed by atoms with Crippen molar-refractivity contribution in [2.24, 2.45) is 5.73 Å². The standard InChI is InChI=1S/C13H20N2O2S/c14-12(18)13(8-4-1-5-9-13)15-10(16)6-2-3-7-11(15)17/h1-9H2,(H2,14,18). The minimum Gasteiger partial charge on any atom is -0.391 e. The maximum atomic E-state index is 12.2. The summed E-state index contributed by atoms with van der Waals surface area (Å²) in [5, 5.41) is 0. The molecule has 4 nitrogen and oxygen atoms in total. The molecule has 2 amide bonds. The van der Waals surface area contributed by atoms with Crippen molar-refractivity contribution in [1.82, 2.24) is 4.90 Å². The van der Waals surface area contributed by atoms with Gasteiger partial charge in [-0.2, -0.15) is 0 Å². The highest BCUT2D eigenvalue weighted by Crippen LogP contribution is 2.36. The Bertz CT molecular complexity index is 357. The van der Waals surface area contributed by atoms with Gasteiger partial charge in [0.15, 0.2) is 0 Å². The molecule has 0 aromatic carbocycles. The lowest BCUT2D eigenvalue weighted by Crippen LogP contribution is -2.61. The molecule has 18 heavy (non-hydrogen) atoms. The van der Waals surface area contributed by atoms with E-state index in [9.17, 15) is 9.59 Å². The van der Waals surface area contributed by atoms with Crippen LogP contribution >= 0.6 is 12.2 Å². The van der Waals surface area contributed by atoms with E-state index in [1.165, 1.54) is 4.90 Å². The Morgan fingerprint density at radius 2 is 1.50 bits per heavy atom. The predicted molar refractivity (Wildman–Crippen MR) is 72.9 cm³/mol. The largest absolute Gasteiger partial charge is 0.391 e. The molecular weight excluding hydrogens is 248 g/mol. The fraction of sp³-hybridized carbons (Fsp3) is 0.769. The summed E-state index contributed by atoms with van der Waals surface area (Å²) < 4.78 is 0. The number of rotatable bonds is 2. The number of hydrogen-bond acceptors (Lipinski definition) is 3.